The Morgan fingerprint density at radius 2 is 2.00 bits per heavy atom. The van der Waals surface area contributed by atoms with E-state index in [-0.39, 0.29) is 36.7 Å². The minimum atomic E-state index is -1.14. The van der Waals surface area contributed by atoms with Crippen LogP contribution >= 0.6 is 0 Å². The minimum Gasteiger partial charge on any atom is -0.462 e. The molecule has 3 rings (SSSR count). The standard InChI is InChI=1S/C19H28O7/c1-8(2)5-14(22)25-12-7-13(21)19(4)10(12)6-11(20)16-15(17(19)23)9(3)18(24)26-16/h8,10-13,15-17,20-21,23H,3,5-7H2,1-2,4H3/t10-,11-,12+,13-,15-,16+,17-,19+/m1/s1. The second-order valence-corrected chi connectivity index (χ2v) is 8.52. The summed E-state index contributed by atoms with van der Waals surface area (Å²) in [6.07, 6.45) is -3.99. The van der Waals surface area contributed by atoms with Gasteiger partial charge < -0.3 is 24.8 Å². The second kappa shape index (κ2) is 6.62. The fourth-order valence-corrected chi connectivity index (χ4v) is 4.86. The summed E-state index contributed by atoms with van der Waals surface area (Å²) in [6, 6.07) is 0. The number of aliphatic hydroxyl groups excluding tert-OH is 3. The fraction of sp³-hybridized carbons (Fsp3) is 0.789. The number of ether oxygens (including phenoxy) is 2. The summed E-state index contributed by atoms with van der Waals surface area (Å²) >= 11 is 0. The molecule has 7 heteroatoms. The predicted molar refractivity (Wildman–Crippen MR) is 90.7 cm³/mol. The Morgan fingerprint density at radius 1 is 1.35 bits per heavy atom. The van der Waals surface area contributed by atoms with E-state index in [2.05, 4.69) is 6.58 Å². The number of fused-ring (bicyclic) bond motifs is 2. The van der Waals surface area contributed by atoms with Crippen molar-refractivity contribution in [2.75, 3.05) is 0 Å². The summed E-state index contributed by atoms with van der Waals surface area (Å²) in [7, 11) is 0. The van der Waals surface area contributed by atoms with Crippen molar-refractivity contribution in [3.63, 3.8) is 0 Å². The van der Waals surface area contributed by atoms with Crippen LogP contribution in [0.4, 0.5) is 0 Å². The van der Waals surface area contributed by atoms with Crippen molar-refractivity contribution in [2.24, 2.45) is 23.2 Å². The van der Waals surface area contributed by atoms with Gasteiger partial charge in [-0.15, -0.1) is 0 Å². The van der Waals surface area contributed by atoms with Crippen molar-refractivity contribution >= 4 is 11.9 Å². The Morgan fingerprint density at radius 3 is 2.62 bits per heavy atom. The van der Waals surface area contributed by atoms with E-state index in [0.717, 1.165) is 0 Å². The van der Waals surface area contributed by atoms with Gasteiger partial charge in [-0.25, -0.2) is 4.79 Å². The van der Waals surface area contributed by atoms with Gasteiger partial charge in [0.2, 0.25) is 0 Å². The molecule has 8 atom stereocenters. The van der Waals surface area contributed by atoms with E-state index in [9.17, 15) is 24.9 Å². The van der Waals surface area contributed by atoms with Crippen LogP contribution < -0.4 is 0 Å². The van der Waals surface area contributed by atoms with Crippen LogP contribution in [0.25, 0.3) is 0 Å². The molecule has 0 aromatic carbocycles. The van der Waals surface area contributed by atoms with Gasteiger partial charge >= 0.3 is 11.9 Å². The molecule has 146 valence electrons. The average Bonchev–Trinajstić information content (AvgIpc) is 2.92. The summed E-state index contributed by atoms with van der Waals surface area (Å²) < 4.78 is 10.8. The molecule has 26 heavy (non-hydrogen) atoms. The number of aliphatic hydroxyl groups is 3. The van der Waals surface area contributed by atoms with Gasteiger partial charge in [-0.1, -0.05) is 27.4 Å². The van der Waals surface area contributed by atoms with Crippen LogP contribution in [0, 0.1) is 23.2 Å². The van der Waals surface area contributed by atoms with Gasteiger partial charge in [0, 0.05) is 29.7 Å². The normalized spacial score (nSPS) is 45.1. The number of hydrogen-bond acceptors (Lipinski definition) is 7. The van der Waals surface area contributed by atoms with E-state index in [0.29, 0.717) is 0 Å². The molecule has 0 aromatic heterocycles. The van der Waals surface area contributed by atoms with Crippen LogP contribution in [-0.4, -0.2) is 57.8 Å². The topological polar surface area (TPSA) is 113 Å². The molecule has 1 heterocycles. The first-order valence-corrected chi connectivity index (χ1v) is 9.20. The van der Waals surface area contributed by atoms with Crippen LogP contribution in [0.2, 0.25) is 0 Å². The van der Waals surface area contributed by atoms with E-state index in [1.165, 1.54) is 0 Å². The molecule has 2 saturated carbocycles. The fourth-order valence-electron chi connectivity index (χ4n) is 4.86. The van der Waals surface area contributed by atoms with E-state index >= 15 is 0 Å². The maximum absolute atomic E-state index is 12.1. The Kier molecular flexibility index (Phi) is 4.92. The number of hydrogen-bond donors (Lipinski definition) is 3. The van der Waals surface area contributed by atoms with Crippen LogP contribution in [-0.2, 0) is 19.1 Å². The van der Waals surface area contributed by atoms with Gasteiger partial charge in [-0.2, -0.15) is 0 Å². The zero-order chi connectivity index (χ0) is 19.4. The molecule has 2 aliphatic carbocycles. The van der Waals surface area contributed by atoms with E-state index in [1.807, 2.05) is 13.8 Å². The molecule has 0 bridgehead atoms. The Bertz CT molecular complexity index is 615. The summed E-state index contributed by atoms with van der Waals surface area (Å²) in [5, 5.41) is 32.4. The van der Waals surface area contributed by atoms with E-state index in [1.54, 1.807) is 6.92 Å². The molecular weight excluding hydrogens is 340 g/mol. The Labute approximate surface area is 153 Å². The van der Waals surface area contributed by atoms with Crippen LogP contribution in [0.5, 0.6) is 0 Å². The summed E-state index contributed by atoms with van der Waals surface area (Å²) in [5.74, 6) is -2.08. The highest BCUT2D eigenvalue weighted by molar-refractivity contribution is 5.91. The van der Waals surface area contributed by atoms with Crippen molar-refractivity contribution in [1.29, 1.82) is 0 Å². The summed E-state index contributed by atoms with van der Waals surface area (Å²) in [6.45, 7) is 9.24. The first-order valence-electron chi connectivity index (χ1n) is 9.20. The van der Waals surface area contributed by atoms with Gasteiger partial charge in [-0.05, 0) is 12.3 Å². The van der Waals surface area contributed by atoms with Gasteiger partial charge in [0.1, 0.15) is 12.2 Å². The van der Waals surface area contributed by atoms with Crippen molar-refractivity contribution in [3.05, 3.63) is 12.2 Å². The average molecular weight is 368 g/mol. The lowest BCUT2D eigenvalue weighted by Gasteiger charge is -2.40. The molecular formula is C19H28O7. The maximum Gasteiger partial charge on any atom is 0.334 e. The highest BCUT2D eigenvalue weighted by Gasteiger charge is 2.64. The van der Waals surface area contributed by atoms with Crippen LogP contribution in [0.15, 0.2) is 12.2 Å². The Balaban J connectivity index is 1.90. The summed E-state index contributed by atoms with van der Waals surface area (Å²) in [4.78, 5) is 24.0. The maximum atomic E-state index is 12.1. The largest absolute Gasteiger partial charge is 0.462 e. The van der Waals surface area contributed by atoms with Gasteiger partial charge in [0.25, 0.3) is 0 Å². The molecule has 0 spiro atoms. The van der Waals surface area contributed by atoms with E-state index in [4.69, 9.17) is 9.47 Å². The molecule has 7 nitrogen and oxygen atoms in total. The minimum absolute atomic E-state index is 0.107. The second-order valence-electron chi connectivity index (χ2n) is 8.52. The zero-order valence-electron chi connectivity index (χ0n) is 15.4. The smallest absolute Gasteiger partial charge is 0.334 e. The number of esters is 2. The molecule has 0 amide bonds. The third-order valence-corrected chi connectivity index (χ3v) is 6.39. The molecule has 3 aliphatic rings. The monoisotopic (exact) mass is 368 g/mol. The molecule has 3 N–H and O–H groups in total. The highest BCUT2D eigenvalue weighted by atomic mass is 16.6. The van der Waals surface area contributed by atoms with Crippen molar-refractivity contribution in [2.45, 2.75) is 70.6 Å². The van der Waals surface area contributed by atoms with E-state index < -0.39 is 53.7 Å². The first-order chi connectivity index (χ1) is 12.1. The third-order valence-electron chi connectivity index (χ3n) is 6.39. The molecule has 0 aromatic rings. The van der Waals surface area contributed by atoms with Crippen molar-refractivity contribution in [1.82, 2.24) is 0 Å². The first kappa shape index (κ1) is 19.3. The zero-order valence-corrected chi connectivity index (χ0v) is 15.4. The molecule has 1 saturated heterocycles. The van der Waals surface area contributed by atoms with Crippen molar-refractivity contribution in [3.8, 4) is 0 Å². The Hall–Kier alpha value is -1.44. The van der Waals surface area contributed by atoms with Crippen molar-refractivity contribution < 1.29 is 34.4 Å². The van der Waals surface area contributed by atoms with Gasteiger partial charge in [0.05, 0.1) is 24.2 Å². The van der Waals surface area contributed by atoms with Crippen LogP contribution in [0.1, 0.15) is 40.0 Å². The highest BCUT2D eigenvalue weighted by Crippen LogP contribution is 2.56. The molecule has 1 aliphatic heterocycles. The number of rotatable bonds is 3. The summed E-state index contributed by atoms with van der Waals surface area (Å²) in [5.41, 5.74) is -0.934. The molecule has 0 radical (unpaired) electrons. The van der Waals surface area contributed by atoms with Gasteiger partial charge in [-0.3, -0.25) is 4.79 Å². The SMILES string of the molecule is C=C1C(=O)O[C@@H]2[C@@H]1[C@@H](O)[C@]1(C)[C@H](O)C[C@H](OC(=O)CC(C)C)[C@H]1C[C@H]2O. The lowest BCUT2D eigenvalue weighted by Crippen LogP contribution is -2.48. The molecule has 0 unspecified atom stereocenters. The third kappa shape index (κ3) is 2.86. The lowest BCUT2D eigenvalue weighted by molar-refractivity contribution is -0.154. The predicted octanol–water partition coefficient (Wildman–Crippen LogP) is 0.555. The quantitative estimate of drug-likeness (QED) is 0.492. The lowest BCUT2D eigenvalue weighted by atomic mass is 9.69. The van der Waals surface area contributed by atoms with Gasteiger partial charge in [0.15, 0.2) is 0 Å². The number of carbonyl (C=O) groups is 2. The molecule has 3 fully saturated rings. The number of carbonyl (C=O) groups excluding carboxylic acids is 2. The van der Waals surface area contributed by atoms with Crippen LogP contribution in [0.3, 0.4) is 0 Å².